The van der Waals surface area contributed by atoms with Crippen molar-refractivity contribution in [2.24, 2.45) is 0 Å². The van der Waals surface area contributed by atoms with Gasteiger partial charge in [-0.3, -0.25) is 4.79 Å². The van der Waals surface area contributed by atoms with Crippen LogP contribution in [0.1, 0.15) is 29.3 Å². The second-order valence-corrected chi connectivity index (χ2v) is 3.63. The number of hydrogen-bond donors (Lipinski definition) is 1. The Bertz CT molecular complexity index is 526. The van der Waals surface area contributed by atoms with Gasteiger partial charge in [0.05, 0.1) is 11.1 Å². The number of alkyl halides is 3. The quantitative estimate of drug-likeness (QED) is 0.512. The number of amides is 1. The Morgan fingerprint density at radius 2 is 2.05 bits per heavy atom. The topological polar surface area (TPSA) is 29.1 Å². The first-order valence-electron chi connectivity index (χ1n) is 5.41. The number of carbonyl (C=O) groups excluding carboxylic acids is 1. The zero-order valence-electron chi connectivity index (χ0n) is 10.1. The van der Waals surface area contributed by atoms with Gasteiger partial charge in [-0.2, -0.15) is 13.2 Å². The minimum Gasteiger partial charge on any atom is -0.351 e. The maximum absolute atomic E-state index is 13.3. The molecule has 0 saturated carbocycles. The zero-order valence-corrected chi connectivity index (χ0v) is 10.1. The summed E-state index contributed by atoms with van der Waals surface area (Å²) in [5, 5.41) is 2.30. The normalized spacial score (nSPS) is 10.6. The van der Waals surface area contributed by atoms with E-state index in [0.717, 1.165) is 0 Å². The second-order valence-electron chi connectivity index (χ2n) is 3.63. The predicted molar refractivity (Wildman–Crippen MR) is 61.8 cm³/mol. The molecular weight excluding hydrogens is 262 g/mol. The molecule has 0 atom stereocenters. The molecule has 19 heavy (non-hydrogen) atoms. The highest BCUT2D eigenvalue weighted by Gasteiger charge is 2.31. The fraction of sp³-hybridized carbons (Fsp3) is 0.308. The van der Waals surface area contributed by atoms with Crippen molar-refractivity contribution in [3.63, 3.8) is 0 Å². The first kappa shape index (κ1) is 15.0. The maximum Gasteiger partial charge on any atom is 0.416 e. The minimum atomic E-state index is -4.61. The molecule has 0 heterocycles. The molecule has 0 aliphatic rings. The lowest BCUT2D eigenvalue weighted by Crippen LogP contribution is -2.25. The summed E-state index contributed by atoms with van der Waals surface area (Å²) in [5.74, 6) is 3.38. The number of rotatable bonds is 3. The number of halogens is 4. The molecule has 1 aromatic rings. The molecule has 0 aliphatic heterocycles. The summed E-state index contributed by atoms with van der Waals surface area (Å²) in [5.41, 5.74) is -1.69. The van der Waals surface area contributed by atoms with Gasteiger partial charge in [0.25, 0.3) is 5.91 Å². The molecule has 0 fully saturated rings. The Morgan fingerprint density at radius 1 is 1.37 bits per heavy atom. The highest BCUT2D eigenvalue weighted by atomic mass is 19.4. The molecule has 6 heteroatoms. The first-order valence-corrected chi connectivity index (χ1v) is 5.41. The Balaban J connectivity index is 2.86. The fourth-order valence-corrected chi connectivity index (χ4v) is 1.33. The van der Waals surface area contributed by atoms with Crippen molar-refractivity contribution in [1.29, 1.82) is 0 Å². The summed E-state index contributed by atoms with van der Waals surface area (Å²) in [6.07, 6.45) is -4.26. The van der Waals surface area contributed by atoms with E-state index in [1.54, 1.807) is 6.92 Å². The van der Waals surface area contributed by atoms with E-state index in [0.29, 0.717) is 24.6 Å². The van der Waals surface area contributed by atoms with Crippen LogP contribution in [0.5, 0.6) is 0 Å². The molecule has 1 aromatic carbocycles. The molecule has 0 aromatic heterocycles. The molecule has 102 valence electrons. The van der Waals surface area contributed by atoms with E-state index in [2.05, 4.69) is 17.2 Å². The van der Waals surface area contributed by atoms with Gasteiger partial charge in [-0.05, 0) is 25.1 Å². The Morgan fingerprint density at radius 3 is 2.63 bits per heavy atom. The molecule has 1 amide bonds. The van der Waals surface area contributed by atoms with Crippen molar-refractivity contribution in [2.75, 3.05) is 6.54 Å². The van der Waals surface area contributed by atoms with Crippen molar-refractivity contribution < 1.29 is 22.4 Å². The number of benzene rings is 1. The molecule has 0 aliphatic carbocycles. The van der Waals surface area contributed by atoms with E-state index in [1.807, 2.05) is 0 Å². The predicted octanol–water partition coefficient (Wildman–Crippen LogP) is 2.99. The van der Waals surface area contributed by atoms with Gasteiger partial charge in [-0.25, -0.2) is 4.39 Å². The summed E-state index contributed by atoms with van der Waals surface area (Å²) in [6, 6.07) is 1.72. The van der Waals surface area contributed by atoms with Gasteiger partial charge in [0.15, 0.2) is 0 Å². The van der Waals surface area contributed by atoms with E-state index in [9.17, 15) is 22.4 Å². The molecular formula is C13H11F4NO. The van der Waals surface area contributed by atoms with Crippen molar-refractivity contribution in [3.8, 4) is 11.8 Å². The monoisotopic (exact) mass is 273 g/mol. The second kappa shape index (κ2) is 6.23. The number of hydrogen-bond acceptors (Lipinski definition) is 1. The van der Waals surface area contributed by atoms with Gasteiger partial charge >= 0.3 is 6.18 Å². The summed E-state index contributed by atoms with van der Waals surface area (Å²) < 4.78 is 50.7. The summed E-state index contributed by atoms with van der Waals surface area (Å²) in [4.78, 5) is 11.5. The van der Waals surface area contributed by atoms with Crippen LogP contribution >= 0.6 is 0 Å². The average molecular weight is 273 g/mol. The smallest absolute Gasteiger partial charge is 0.351 e. The van der Waals surface area contributed by atoms with E-state index >= 15 is 0 Å². The lowest BCUT2D eigenvalue weighted by atomic mass is 10.1. The van der Waals surface area contributed by atoms with Crippen LogP contribution in [-0.2, 0) is 6.18 Å². The molecule has 1 N–H and O–H groups in total. The molecule has 1 rings (SSSR count). The van der Waals surface area contributed by atoms with Gasteiger partial charge in [0.2, 0.25) is 0 Å². The maximum atomic E-state index is 13.3. The molecule has 0 radical (unpaired) electrons. The van der Waals surface area contributed by atoms with Crippen LogP contribution in [0.3, 0.4) is 0 Å². The first-order chi connectivity index (χ1) is 8.86. The summed E-state index contributed by atoms with van der Waals surface area (Å²) in [6.45, 7) is 1.77. The molecule has 0 spiro atoms. The Labute approximate surface area is 107 Å². The third-order valence-corrected chi connectivity index (χ3v) is 2.25. The Kier molecular flexibility index (Phi) is 4.93. The lowest BCUT2D eigenvalue weighted by Gasteiger charge is -2.09. The van der Waals surface area contributed by atoms with Crippen LogP contribution in [-0.4, -0.2) is 12.5 Å². The van der Waals surface area contributed by atoms with E-state index in [1.165, 1.54) is 0 Å². The lowest BCUT2D eigenvalue weighted by molar-refractivity contribution is -0.137. The van der Waals surface area contributed by atoms with Gasteiger partial charge in [0, 0.05) is 13.0 Å². The van der Waals surface area contributed by atoms with E-state index in [-0.39, 0.29) is 6.54 Å². The van der Waals surface area contributed by atoms with E-state index in [4.69, 9.17) is 0 Å². The van der Waals surface area contributed by atoms with Gasteiger partial charge < -0.3 is 5.32 Å². The molecule has 0 unspecified atom stereocenters. The van der Waals surface area contributed by atoms with Crippen LogP contribution in [0.2, 0.25) is 0 Å². The van der Waals surface area contributed by atoms with Crippen molar-refractivity contribution in [1.82, 2.24) is 5.32 Å². The van der Waals surface area contributed by atoms with Crippen molar-refractivity contribution in [2.45, 2.75) is 19.5 Å². The summed E-state index contributed by atoms with van der Waals surface area (Å²) >= 11 is 0. The van der Waals surface area contributed by atoms with Crippen LogP contribution in [0.25, 0.3) is 0 Å². The van der Waals surface area contributed by atoms with E-state index < -0.39 is 29.0 Å². The van der Waals surface area contributed by atoms with Crippen LogP contribution < -0.4 is 5.32 Å². The largest absolute Gasteiger partial charge is 0.416 e. The third kappa shape index (κ3) is 4.28. The zero-order chi connectivity index (χ0) is 14.5. The highest BCUT2D eigenvalue weighted by molar-refractivity contribution is 5.94. The molecule has 0 bridgehead atoms. The fourth-order valence-electron chi connectivity index (χ4n) is 1.33. The van der Waals surface area contributed by atoms with Crippen LogP contribution in [0.4, 0.5) is 17.6 Å². The molecule has 2 nitrogen and oxygen atoms in total. The highest BCUT2D eigenvalue weighted by Crippen LogP contribution is 2.30. The standard InChI is InChI=1S/C13H11F4NO/c1-2-3-4-7-18-12(19)10-8-9(13(15,16)17)5-6-11(10)14/h5-6,8H,4,7H2,1H3,(H,18,19). The number of nitrogens with one attached hydrogen (secondary N) is 1. The average Bonchev–Trinajstić information content (AvgIpc) is 2.33. The van der Waals surface area contributed by atoms with Gasteiger partial charge in [-0.15, -0.1) is 11.8 Å². The third-order valence-electron chi connectivity index (χ3n) is 2.25. The SMILES string of the molecule is CC#CCCNC(=O)c1cc(C(F)(F)F)ccc1F. The van der Waals surface area contributed by atoms with Crippen LogP contribution in [0.15, 0.2) is 18.2 Å². The summed E-state index contributed by atoms with van der Waals surface area (Å²) in [7, 11) is 0. The van der Waals surface area contributed by atoms with Gasteiger partial charge in [-0.1, -0.05) is 0 Å². The van der Waals surface area contributed by atoms with Crippen LogP contribution in [0, 0.1) is 17.7 Å². The minimum absolute atomic E-state index is 0.148. The Hall–Kier alpha value is -2.03. The molecule has 0 saturated heterocycles. The number of carbonyl (C=O) groups is 1. The van der Waals surface area contributed by atoms with Crippen molar-refractivity contribution >= 4 is 5.91 Å². The van der Waals surface area contributed by atoms with Crippen molar-refractivity contribution in [3.05, 3.63) is 35.1 Å². The van der Waals surface area contributed by atoms with Gasteiger partial charge in [0.1, 0.15) is 5.82 Å².